The summed E-state index contributed by atoms with van der Waals surface area (Å²) in [4.78, 5) is 12.5. The van der Waals surface area contributed by atoms with Crippen molar-refractivity contribution in [3.63, 3.8) is 0 Å². The number of piperidine rings is 1. The first-order valence-corrected chi connectivity index (χ1v) is 7.21. The molecule has 1 heterocycles. The van der Waals surface area contributed by atoms with E-state index in [4.69, 9.17) is 4.74 Å². The van der Waals surface area contributed by atoms with Crippen molar-refractivity contribution >= 4 is 5.91 Å². The third-order valence-corrected chi connectivity index (χ3v) is 4.10. The lowest BCUT2D eigenvalue weighted by Gasteiger charge is -2.34. The number of rotatable bonds is 4. The first-order valence-electron chi connectivity index (χ1n) is 7.21. The monoisotopic (exact) mass is 276 g/mol. The molecule has 1 aliphatic heterocycles. The molecule has 2 rings (SSSR count). The number of carbonyl (C=O) groups is 1. The zero-order chi connectivity index (χ0) is 14.6. The largest absolute Gasteiger partial charge is 0.496 e. The Hall–Kier alpha value is -1.55. The van der Waals surface area contributed by atoms with Crippen LogP contribution < -0.4 is 15.4 Å². The molecule has 1 saturated heterocycles. The normalized spacial score (nSPS) is 23.9. The molecule has 1 aromatic rings. The Bertz CT molecular complexity index is 467. The zero-order valence-electron chi connectivity index (χ0n) is 12.5. The van der Waals surface area contributed by atoms with Crippen molar-refractivity contribution in [3.8, 4) is 5.75 Å². The lowest BCUT2D eigenvalue weighted by Crippen LogP contribution is -2.49. The van der Waals surface area contributed by atoms with Crippen molar-refractivity contribution in [1.29, 1.82) is 0 Å². The molecule has 0 aromatic heterocycles. The van der Waals surface area contributed by atoms with Gasteiger partial charge in [0, 0.05) is 12.1 Å². The van der Waals surface area contributed by atoms with Crippen molar-refractivity contribution in [2.24, 2.45) is 5.41 Å². The molecule has 1 aromatic carbocycles. The van der Waals surface area contributed by atoms with Crippen LogP contribution in [0.25, 0.3) is 0 Å². The molecule has 1 fully saturated rings. The molecule has 4 nitrogen and oxygen atoms in total. The van der Waals surface area contributed by atoms with Crippen molar-refractivity contribution in [1.82, 2.24) is 10.6 Å². The maximum absolute atomic E-state index is 12.5. The number of nitrogens with one attached hydrogen (secondary N) is 2. The Morgan fingerprint density at radius 2 is 2.20 bits per heavy atom. The average Bonchev–Trinajstić information content (AvgIpc) is 2.47. The van der Waals surface area contributed by atoms with E-state index in [1.54, 1.807) is 7.11 Å². The summed E-state index contributed by atoms with van der Waals surface area (Å²) in [5, 5.41) is 6.43. The van der Waals surface area contributed by atoms with Gasteiger partial charge in [-0.15, -0.1) is 0 Å². The Balaban J connectivity index is 2.07. The molecule has 2 unspecified atom stereocenters. The maximum Gasteiger partial charge on any atom is 0.227 e. The molecule has 0 radical (unpaired) electrons. The van der Waals surface area contributed by atoms with Crippen LogP contribution in [0.5, 0.6) is 5.75 Å². The molecule has 1 amide bonds. The summed E-state index contributed by atoms with van der Waals surface area (Å²) in [5.41, 5.74) is 0.699. The zero-order valence-corrected chi connectivity index (χ0v) is 12.5. The van der Waals surface area contributed by atoms with Gasteiger partial charge in [-0.25, -0.2) is 0 Å². The van der Waals surface area contributed by atoms with Gasteiger partial charge in [-0.1, -0.05) is 18.2 Å². The summed E-state index contributed by atoms with van der Waals surface area (Å²) in [6.07, 6.45) is 1.98. The fourth-order valence-corrected chi connectivity index (χ4v) is 2.72. The molecular weight excluding hydrogens is 252 g/mol. The van der Waals surface area contributed by atoms with Gasteiger partial charge in [-0.05, 0) is 39.3 Å². The Morgan fingerprint density at radius 3 is 2.85 bits per heavy atom. The van der Waals surface area contributed by atoms with Gasteiger partial charge in [0.2, 0.25) is 5.91 Å². The van der Waals surface area contributed by atoms with Gasteiger partial charge in [-0.3, -0.25) is 4.79 Å². The molecule has 4 heteroatoms. The number of hydrogen-bond acceptors (Lipinski definition) is 3. The molecule has 0 saturated carbocycles. The summed E-state index contributed by atoms with van der Waals surface area (Å²) in [5.74, 6) is 0.926. The highest BCUT2D eigenvalue weighted by Crippen LogP contribution is 2.29. The standard InChI is InChI=1S/C16H24N2O2/c1-12(13-7-4-5-8-14(13)20-3)18-15(19)16(2)9-6-10-17-11-16/h4-5,7-8,12,17H,6,9-11H2,1-3H3,(H,18,19). The van der Waals surface area contributed by atoms with Gasteiger partial charge >= 0.3 is 0 Å². The predicted octanol–water partition coefficient (Wildman–Crippen LogP) is 2.26. The van der Waals surface area contributed by atoms with E-state index in [1.807, 2.05) is 38.1 Å². The topological polar surface area (TPSA) is 50.4 Å². The molecule has 2 N–H and O–H groups in total. The van der Waals surface area contributed by atoms with Crippen LogP contribution in [0.4, 0.5) is 0 Å². The van der Waals surface area contributed by atoms with E-state index >= 15 is 0 Å². The van der Waals surface area contributed by atoms with E-state index in [0.717, 1.165) is 37.2 Å². The second kappa shape index (κ2) is 6.27. The molecule has 0 aliphatic carbocycles. The Labute approximate surface area is 120 Å². The predicted molar refractivity (Wildman–Crippen MR) is 79.8 cm³/mol. The van der Waals surface area contributed by atoms with Crippen LogP contribution in [-0.2, 0) is 4.79 Å². The van der Waals surface area contributed by atoms with Crippen LogP contribution in [0.2, 0.25) is 0 Å². The fraction of sp³-hybridized carbons (Fsp3) is 0.562. The van der Waals surface area contributed by atoms with E-state index in [-0.39, 0.29) is 17.4 Å². The second-order valence-electron chi connectivity index (χ2n) is 5.78. The molecule has 110 valence electrons. The van der Waals surface area contributed by atoms with Crippen LogP contribution in [0, 0.1) is 5.41 Å². The smallest absolute Gasteiger partial charge is 0.227 e. The van der Waals surface area contributed by atoms with Gasteiger partial charge in [0.05, 0.1) is 18.6 Å². The number of hydrogen-bond donors (Lipinski definition) is 2. The van der Waals surface area contributed by atoms with E-state index in [0.29, 0.717) is 0 Å². The van der Waals surface area contributed by atoms with Gasteiger partial charge < -0.3 is 15.4 Å². The molecule has 20 heavy (non-hydrogen) atoms. The lowest BCUT2D eigenvalue weighted by atomic mass is 9.81. The summed E-state index contributed by atoms with van der Waals surface area (Å²) in [6, 6.07) is 7.75. The Kier molecular flexibility index (Phi) is 4.65. The third kappa shape index (κ3) is 3.12. The Morgan fingerprint density at radius 1 is 1.45 bits per heavy atom. The van der Waals surface area contributed by atoms with Crippen molar-refractivity contribution in [2.45, 2.75) is 32.7 Å². The maximum atomic E-state index is 12.5. The molecule has 0 bridgehead atoms. The fourth-order valence-electron chi connectivity index (χ4n) is 2.72. The number of ether oxygens (including phenoxy) is 1. The third-order valence-electron chi connectivity index (χ3n) is 4.10. The quantitative estimate of drug-likeness (QED) is 0.887. The van der Waals surface area contributed by atoms with Crippen LogP contribution in [0.15, 0.2) is 24.3 Å². The van der Waals surface area contributed by atoms with E-state index in [9.17, 15) is 4.79 Å². The second-order valence-corrected chi connectivity index (χ2v) is 5.78. The minimum Gasteiger partial charge on any atom is -0.496 e. The minimum absolute atomic E-state index is 0.0580. The summed E-state index contributed by atoms with van der Waals surface area (Å²) in [6.45, 7) is 5.78. The van der Waals surface area contributed by atoms with E-state index in [1.165, 1.54) is 0 Å². The number of methoxy groups -OCH3 is 1. The van der Waals surface area contributed by atoms with Gasteiger partial charge in [0.25, 0.3) is 0 Å². The van der Waals surface area contributed by atoms with Crippen LogP contribution in [-0.4, -0.2) is 26.1 Å². The molecule has 1 aliphatic rings. The highest BCUT2D eigenvalue weighted by molar-refractivity contribution is 5.83. The summed E-state index contributed by atoms with van der Waals surface area (Å²) in [7, 11) is 1.65. The highest BCUT2D eigenvalue weighted by Gasteiger charge is 2.35. The van der Waals surface area contributed by atoms with Gasteiger partial charge in [-0.2, -0.15) is 0 Å². The van der Waals surface area contributed by atoms with Crippen LogP contribution >= 0.6 is 0 Å². The highest BCUT2D eigenvalue weighted by atomic mass is 16.5. The lowest BCUT2D eigenvalue weighted by molar-refractivity contribution is -0.131. The minimum atomic E-state index is -0.311. The number of para-hydroxylation sites is 1. The first kappa shape index (κ1) is 14.9. The molecule has 0 spiro atoms. The molecule has 2 atom stereocenters. The van der Waals surface area contributed by atoms with E-state index < -0.39 is 0 Å². The van der Waals surface area contributed by atoms with Crippen molar-refractivity contribution in [2.75, 3.05) is 20.2 Å². The van der Waals surface area contributed by atoms with E-state index in [2.05, 4.69) is 10.6 Å². The SMILES string of the molecule is COc1ccccc1C(C)NC(=O)C1(C)CCCNC1. The number of amides is 1. The van der Waals surface area contributed by atoms with Crippen LogP contribution in [0.3, 0.4) is 0 Å². The molecular formula is C16H24N2O2. The average molecular weight is 276 g/mol. The van der Waals surface area contributed by atoms with Gasteiger partial charge in [0.1, 0.15) is 5.75 Å². The summed E-state index contributed by atoms with van der Waals surface area (Å²) < 4.78 is 5.36. The number of benzene rings is 1. The number of carbonyl (C=O) groups excluding carboxylic acids is 1. The first-order chi connectivity index (χ1) is 9.57. The van der Waals surface area contributed by atoms with Gasteiger partial charge in [0.15, 0.2) is 0 Å². The summed E-state index contributed by atoms with van der Waals surface area (Å²) >= 11 is 0. The van der Waals surface area contributed by atoms with Crippen molar-refractivity contribution < 1.29 is 9.53 Å². The van der Waals surface area contributed by atoms with Crippen LogP contribution in [0.1, 0.15) is 38.3 Å². The van der Waals surface area contributed by atoms with Crippen molar-refractivity contribution in [3.05, 3.63) is 29.8 Å².